The molecule has 7 heteroatoms. The van der Waals surface area contributed by atoms with Gasteiger partial charge in [0, 0.05) is 36.1 Å². The van der Waals surface area contributed by atoms with E-state index < -0.39 is 0 Å². The number of halogens is 1. The molecule has 5 nitrogen and oxygen atoms in total. The zero-order chi connectivity index (χ0) is 16.0. The Hall–Kier alpha value is -1.37. The van der Waals surface area contributed by atoms with Crippen molar-refractivity contribution in [2.75, 3.05) is 5.32 Å². The molecule has 2 aliphatic carbocycles. The maximum atomic E-state index is 12.4. The van der Waals surface area contributed by atoms with Crippen LogP contribution in [0.3, 0.4) is 0 Å². The lowest BCUT2D eigenvalue weighted by atomic mass is 9.93. The maximum absolute atomic E-state index is 12.4. The zero-order valence-corrected chi connectivity index (χ0v) is 15.5. The van der Waals surface area contributed by atoms with Crippen LogP contribution >= 0.6 is 23.7 Å². The average molecular weight is 367 g/mol. The van der Waals surface area contributed by atoms with Crippen molar-refractivity contribution >= 4 is 35.3 Å². The summed E-state index contributed by atoms with van der Waals surface area (Å²) in [6, 6.07) is 3.43. The number of anilines is 1. The summed E-state index contributed by atoms with van der Waals surface area (Å²) in [4.78, 5) is 14.4. The largest absolute Gasteiger partial charge is 0.319 e. The Morgan fingerprint density at radius 3 is 2.83 bits per heavy atom. The fourth-order valence-electron chi connectivity index (χ4n) is 3.26. The molecule has 0 spiro atoms. The predicted octanol–water partition coefficient (Wildman–Crippen LogP) is 3.46. The quantitative estimate of drug-likeness (QED) is 0.851. The maximum Gasteiger partial charge on any atom is 0.265 e. The van der Waals surface area contributed by atoms with Crippen LogP contribution in [0.2, 0.25) is 0 Å². The predicted molar refractivity (Wildman–Crippen MR) is 99.4 cm³/mol. The molecule has 2 atom stereocenters. The minimum Gasteiger partial charge on any atom is -0.319 e. The number of thiophene rings is 1. The van der Waals surface area contributed by atoms with Gasteiger partial charge in [-0.25, -0.2) is 0 Å². The molecule has 2 fully saturated rings. The first kappa shape index (κ1) is 17.5. The summed E-state index contributed by atoms with van der Waals surface area (Å²) in [5.74, 6) is 0.549. The number of carbonyl (C=O) groups is 1. The van der Waals surface area contributed by atoms with E-state index >= 15 is 0 Å². The minimum atomic E-state index is -0.0403. The number of nitrogens with zero attached hydrogens (tertiary/aromatic N) is 2. The van der Waals surface area contributed by atoms with Gasteiger partial charge in [-0.05, 0) is 37.8 Å². The Morgan fingerprint density at radius 1 is 1.42 bits per heavy atom. The lowest BCUT2D eigenvalue weighted by molar-refractivity contribution is 0.103. The van der Waals surface area contributed by atoms with E-state index in [2.05, 4.69) is 28.7 Å². The Kier molecular flexibility index (Phi) is 4.99. The Morgan fingerprint density at radius 2 is 2.21 bits per heavy atom. The van der Waals surface area contributed by atoms with Crippen molar-refractivity contribution in [3.8, 4) is 0 Å². The third kappa shape index (κ3) is 3.50. The molecule has 2 aromatic rings. The van der Waals surface area contributed by atoms with Crippen molar-refractivity contribution in [2.45, 2.75) is 50.6 Å². The number of aromatic nitrogens is 2. The van der Waals surface area contributed by atoms with E-state index in [-0.39, 0.29) is 18.3 Å². The molecule has 0 bridgehead atoms. The van der Waals surface area contributed by atoms with E-state index in [0.29, 0.717) is 12.0 Å². The normalized spacial score (nSPS) is 22.6. The molecule has 2 N–H and O–H groups in total. The van der Waals surface area contributed by atoms with Gasteiger partial charge in [-0.3, -0.25) is 9.48 Å². The Balaban J connectivity index is 0.00000169. The number of nitrogens with one attached hydrogen (secondary N) is 2. The summed E-state index contributed by atoms with van der Waals surface area (Å²) >= 11 is 1.59. The third-order valence-corrected chi connectivity index (χ3v) is 5.95. The molecule has 0 radical (unpaired) electrons. The fraction of sp³-hybridized carbons (Fsp3) is 0.529. The highest BCUT2D eigenvalue weighted by Crippen LogP contribution is 2.45. The second-order valence-electron chi connectivity index (χ2n) is 6.72. The number of amides is 1. The van der Waals surface area contributed by atoms with Gasteiger partial charge in [-0.1, -0.05) is 6.42 Å². The van der Waals surface area contributed by atoms with E-state index in [9.17, 15) is 4.79 Å². The van der Waals surface area contributed by atoms with Crippen LogP contribution in [0, 0.1) is 6.92 Å². The van der Waals surface area contributed by atoms with Crippen LogP contribution in [0.25, 0.3) is 0 Å². The van der Waals surface area contributed by atoms with Crippen LogP contribution < -0.4 is 10.6 Å². The van der Waals surface area contributed by atoms with Gasteiger partial charge in [0.1, 0.15) is 0 Å². The van der Waals surface area contributed by atoms with Gasteiger partial charge in [0.15, 0.2) is 0 Å². The van der Waals surface area contributed by atoms with Gasteiger partial charge in [0.2, 0.25) is 0 Å². The molecule has 1 amide bonds. The number of rotatable bonds is 5. The number of hydrogen-bond donors (Lipinski definition) is 2. The van der Waals surface area contributed by atoms with E-state index in [1.807, 2.05) is 7.05 Å². The number of aryl methyl sites for hydroxylation is 2. The van der Waals surface area contributed by atoms with E-state index in [1.54, 1.807) is 28.4 Å². The SMILES string of the molecule is Cc1sc(C(=O)Nc2cnn(C)c2)cc1[C@@H]1C[C@H]1NC1CCC1.Cl. The first-order valence-electron chi connectivity index (χ1n) is 8.26. The zero-order valence-electron chi connectivity index (χ0n) is 13.9. The van der Waals surface area contributed by atoms with Crippen LogP contribution in [0.4, 0.5) is 5.69 Å². The van der Waals surface area contributed by atoms with E-state index in [4.69, 9.17) is 0 Å². The molecule has 0 saturated heterocycles. The summed E-state index contributed by atoms with van der Waals surface area (Å²) < 4.78 is 1.68. The molecule has 0 unspecified atom stereocenters. The van der Waals surface area contributed by atoms with E-state index in [1.165, 1.54) is 36.1 Å². The standard InChI is InChI=1S/C17H22N4OS.ClH/c1-10-13(14-6-15(14)19-11-4-3-5-11)7-16(23-10)17(22)20-12-8-18-21(2)9-12;/h7-9,11,14-15,19H,3-6H2,1-2H3,(H,20,22);1H/t14-,15+;/m0./s1. The summed E-state index contributed by atoms with van der Waals surface area (Å²) in [5.41, 5.74) is 2.09. The molecular weight excluding hydrogens is 344 g/mol. The topological polar surface area (TPSA) is 59.0 Å². The van der Waals surface area contributed by atoms with Crippen LogP contribution in [-0.4, -0.2) is 27.8 Å². The molecule has 0 aliphatic heterocycles. The van der Waals surface area contributed by atoms with Crippen molar-refractivity contribution in [3.05, 3.63) is 33.8 Å². The molecule has 2 heterocycles. The lowest BCUT2D eigenvalue weighted by Gasteiger charge is -2.26. The lowest BCUT2D eigenvalue weighted by Crippen LogP contribution is -2.37. The number of carbonyl (C=O) groups excluding carboxylic acids is 1. The molecule has 24 heavy (non-hydrogen) atoms. The highest BCUT2D eigenvalue weighted by Gasteiger charge is 2.41. The average Bonchev–Trinajstić information content (AvgIpc) is 2.94. The van der Waals surface area contributed by atoms with Crippen LogP contribution in [0.15, 0.2) is 18.5 Å². The first-order chi connectivity index (χ1) is 11.1. The monoisotopic (exact) mass is 366 g/mol. The van der Waals surface area contributed by atoms with Crippen molar-refractivity contribution in [2.24, 2.45) is 7.05 Å². The smallest absolute Gasteiger partial charge is 0.265 e. The van der Waals surface area contributed by atoms with Gasteiger partial charge in [-0.2, -0.15) is 5.10 Å². The summed E-state index contributed by atoms with van der Waals surface area (Å²) in [5, 5.41) is 10.7. The van der Waals surface area contributed by atoms with Gasteiger partial charge in [0.05, 0.1) is 16.8 Å². The van der Waals surface area contributed by atoms with Gasteiger partial charge < -0.3 is 10.6 Å². The van der Waals surface area contributed by atoms with Crippen molar-refractivity contribution < 1.29 is 4.79 Å². The molecule has 2 saturated carbocycles. The molecule has 4 rings (SSSR count). The van der Waals surface area contributed by atoms with Crippen LogP contribution in [0.1, 0.15) is 51.7 Å². The van der Waals surface area contributed by atoms with Crippen molar-refractivity contribution in [3.63, 3.8) is 0 Å². The molecular formula is C17H23ClN4OS. The van der Waals surface area contributed by atoms with Crippen molar-refractivity contribution in [1.29, 1.82) is 0 Å². The highest BCUT2D eigenvalue weighted by molar-refractivity contribution is 7.14. The Bertz CT molecular complexity index is 737. The summed E-state index contributed by atoms with van der Waals surface area (Å²) in [7, 11) is 1.84. The summed E-state index contributed by atoms with van der Waals surface area (Å²) in [6.45, 7) is 2.12. The second kappa shape index (κ2) is 6.86. The molecule has 0 aromatic carbocycles. The van der Waals surface area contributed by atoms with Crippen molar-refractivity contribution in [1.82, 2.24) is 15.1 Å². The van der Waals surface area contributed by atoms with Gasteiger partial charge >= 0.3 is 0 Å². The molecule has 2 aliphatic rings. The van der Waals surface area contributed by atoms with Crippen LogP contribution in [-0.2, 0) is 7.05 Å². The third-order valence-electron chi connectivity index (χ3n) is 4.89. The summed E-state index contributed by atoms with van der Waals surface area (Å²) in [6.07, 6.45) is 8.69. The molecule has 2 aromatic heterocycles. The fourth-order valence-corrected chi connectivity index (χ4v) is 4.24. The minimum absolute atomic E-state index is 0. The van der Waals surface area contributed by atoms with Gasteiger partial charge in [0.25, 0.3) is 5.91 Å². The van der Waals surface area contributed by atoms with E-state index in [0.717, 1.165) is 16.6 Å². The molecule has 130 valence electrons. The van der Waals surface area contributed by atoms with Crippen LogP contribution in [0.5, 0.6) is 0 Å². The highest BCUT2D eigenvalue weighted by atomic mass is 35.5. The second-order valence-corrected chi connectivity index (χ2v) is 7.98. The number of hydrogen-bond acceptors (Lipinski definition) is 4. The first-order valence-corrected chi connectivity index (χ1v) is 9.08. The van der Waals surface area contributed by atoms with Gasteiger partial charge in [-0.15, -0.1) is 23.7 Å². The Labute approximate surface area is 152 Å².